The van der Waals surface area contributed by atoms with Gasteiger partial charge in [0.15, 0.2) is 11.5 Å². The highest BCUT2D eigenvalue weighted by Crippen LogP contribution is 2.36. The van der Waals surface area contributed by atoms with Gasteiger partial charge in [-0.2, -0.15) is 0 Å². The lowest BCUT2D eigenvalue weighted by atomic mass is 10.2. The molecule has 3 rings (SSSR count). The van der Waals surface area contributed by atoms with E-state index in [1.54, 1.807) is 18.0 Å². The minimum atomic E-state index is -0.488. The van der Waals surface area contributed by atoms with Crippen molar-refractivity contribution in [3.63, 3.8) is 0 Å². The van der Waals surface area contributed by atoms with Crippen LogP contribution < -0.4 is 9.47 Å². The van der Waals surface area contributed by atoms with Gasteiger partial charge in [0.2, 0.25) is 0 Å². The van der Waals surface area contributed by atoms with Crippen LogP contribution >= 0.6 is 11.8 Å². The highest BCUT2D eigenvalue weighted by atomic mass is 32.2. The lowest BCUT2D eigenvalue weighted by Gasteiger charge is -2.18. The third kappa shape index (κ3) is 3.31. The van der Waals surface area contributed by atoms with Gasteiger partial charge in [-0.15, -0.1) is 0 Å². The maximum absolute atomic E-state index is 9.74. The molecule has 110 valence electrons. The van der Waals surface area contributed by atoms with Crippen molar-refractivity contribution in [3.05, 3.63) is 42.2 Å². The number of ether oxygens (including phenoxy) is 2. The highest BCUT2D eigenvalue weighted by Gasteiger charge is 2.12. The number of hydrogen-bond acceptors (Lipinski definition) is 5. The van der Waals surface area contributed by atoms with Crippen LogP contribution in [0.2, 0.25) is 0 Å². The van der Waals surface area contributed by atoms with Crippen molar-refractivity contribution in [1.29, 1.82) is 0 Å². The molecule has 2 aromatic rings. The van der Waals surface area contributed by atoms with E-state index in [4.69, 9.17) is 9.47 Å². The van der Waals surface area contributed by atoms with Crippen LogP contribution in [0.25, 0.3) is 0 Å². The van der Waals surface area contributed by atoms with E-state index in [1.807, 2.05) is 37.3 Å². The van der Waals surface area contributed by atoms with E-state index in [0.29, 0.717) is 25.3 Å². The Bertz CT molecular complexity index is 615. The number of aliphatic hydroxyl groups excluding tert-OH is 1. The molecule has 0 aliphatic carbocycles. The molecular formula is C16H17NO3S. The summed E-state index contributed by atoms with van der Waals surface area (Å²) in [5.74, 6) is 1.59. The topological polar surface area (TPSA) is 51.6 Å². The van der Waals surface area contributed by atoms with E-state index in [2.05, 4.69) is 4.98 Å². The SMILES string of the molecule is CC[C@@H](O)c1ccc(Sc2ccc3c(c2)OCCO3)cn1. The summed E-state index contributed by atoms with van der Waals surface area (Å²) in [6.07, 6.45) is 1.97. The third-order valence-corrected chi connectivity index (χ3v) is 4.20. The van der Waals surface area contributed by atoms with Crippen LogP contribution in [-0.2, 0) is 0 Å². The highest BCUT2D eigenvalue weighted by molar-refractivity contribution is 7.99. The zero-order valence-electron chi connectivity index (χ0n) is 11.8. The van der Waals surface area contributed by atoms with E-state index in [-0.39, 0.29) is 0 Å². The summed E-state index contributed by atoms with van der Waals surface area (Å²) in [6.45, 7) is 3.13. The van der Waals surface area contributed by atoms with Gasteiger partial charge in [0, 0.05) is 16.0 Å². The average Bonchev–Trinajstić information content (AvgIpc) is 2.55. The molecule has 2 heterocycles. The summed E-state index contributed by atoms with van der Waals surface area (Å²) in [6, 6.07) is 9.76. The molecule has 0 amide bonds. The van der Waals surface area contributed by atoms with Gasteiger partial charge in [0.25, 0.3) is 0 Å². The molecule has 1 aromatic carbocycles. The number of aliphatic hydroxyl groups is 1. The predicted octanol–water partition coefficient (Wildman–Crippen LogP) is 3.45. The Kier molecular flexibility index (Phi) is 4.31. The zero-order valence-corrected chi connectivity index (χ0v) is 12.6. The predicted molar refractivity (Wildman–Crippen MR) is 81.0 cm³/mol. The van der Waals surface area contributed by atoms with Crippen molar-refractivity contribution in [2.24, 2.45) is 0 Å². The van der Waals surface area contributed by atoms with Crippen LogP contribution in [0.3, 0.4) is 0 Å². The number of nitrogens with zero attached hydrogens (tertiary/aromatic N) is 1. The summed E-state index contributed by atoms with van der Waals surface area (Å²) in [5.41, 5.74) is 0.712. The molecule has 1 atom stereocenters. The van der Waals surface area contributed by atoms with Crippen molar-refractivity contribution < 1.29 is 14.6 Å². The molecule has 4 nitrogen and oxygen atoms in total. The number of rotatable bonds is 4. The molecule has 1 aliphatic rings. The van der Waals surface area contributed by atoms with Crippen LogP contribution in [-0.4, -0.2) is 23.3 Å². The van der Waals surface area contributed by atoms with Crippen LogP contribution in [0.5, 0.6) is 11.5 Å². The first kappa shape index (κ1) is 14.2. The molecule has 1 aromatic heterocycles. The summed E-state index contributed by atoms with van der Waals surface area (Å²) in [7, 11) is 0. The Labute approximate surface area is 128 Å². The van der Waals surface area contributed by atoms with Crippen LogP contribution in [0.15, 0.2) is 46.3 Å². The van der Waals surface area contributed by atoms with E-state index >= 15 is 0 Å². The second-order valence-electron chi connectivity index (χ2n) is 4.75. The van der Waals surface area contributed by atoms with Crippen LogP contribution in [0.1, 0.15) is 25.1 Å². The van der Waals surface area contributed by atoms with Gasteiger partial charge in [0.1, 0.15) is 13.2 Å². The van der Waals surface area contributed by atoms with Crippen molar-refractivity contribution in [2.45, 2.75) is 29.2 Å². The Morgan fingerprint density at radius 1 is 1.14 bits per heavy atom. The molecular weight excluding hydrogens is 286 g/mol. The maximum Gasteiger partial charge on any atom is 0.162 e. The fourth-order valence-electron chi connectivity index (χ4n) is 2.08. The summed E-state index contributed by atoms with van der Waals surface area (Å²) in [4.78, 5) is 6.41. The van der Waals surface area contributed by atoms with Crippen molar-refractivity contribution in [1.82, 2.24) is 4.98 Å². The van der Waals surface area contributed by atoms with E-state index in [9.17, 15) is 5.11 Å². The first-order valence-corrected chi connectivity index (χ1v) is 7.79. The van der Waals surface area contributed by atoms with Gasteiger partial charge in [-0.1, -0.05) is 18.7 Å². The molecule has 0 fully saturated rings. The van der Waals surface area contributed by atoms with Crippen LogP contribution in [0.4, 0.5) is 0 Å². The second-order valence-corrected chi connectivity index (χ2v) is 5.90. The largest absolute Gasteiger partial charge is 0.486 e. The fraction of sp³-hybridized carbons (Fsp3) is 0.312. The zero-order chi connectivity index (χ0) is 14.7. The fourth-order valence-corrected chi connectivity index (χ4v) is 2.90. The quantitative estimate of drug-likeness (QED) is 0.937. The molecule has 1 N–H and O–H groups in total. The van der Waals surface area contributed by atoms with E-state index in [1.165, 1.54) is 0 Å². The lowest BCUT2D eigenvalue weighted by molar-refractivity contribution is 0.169. The summed E-state index contributed by atoms with van der Waals surface area (Å²) < 4.78 is 11.1. The van der Waals surface area contributed by atoms with Gasteiger partial charge in [0.05, 0.1) is 11.8 Å². The molecule has 0 unspecified atom stereocenters. The van der Waals surface area contributed by atoms with Gasteiger partial charge in [-0.3, -0.25) is 4.98 Å². The van der Waals surface area contributed by atoms with Gasteiger partial charge >= 0.3 is 0 Å². The molecule has 0 spiro atoms. The molecule has 21 heavy (non-hydrogen) atoms. The molecule has 0 radical (unpaired) electrons. The number of fused-ring (bicyclic) bond motifs is 1. The van der Waals surface area contributed by atoms with Crippen molar-refractivity contribution >= 4 is 11.8 Å². The monoisotopic (exact) mass is 303 g/mol. The molecule has 1 aliphatic heterocycles. The smallest absolute Gasteiger partial charge is 0.162 e. The minimum absolute atomic E-state index is 0.488. The summed E-state index contributed by atoms with van der Waals surface area (Å²) in [5, 5.41) is 9.74. The van der Waals surface area contributed by atoms with Crippen molar-refractivity contribution in [3.8, 4) is 11.5 Å². The first-order chi connectivity index (χ1) is 10.3. The number of benzene rings is 1. The standard InChI is InChI=1S/C16H17NO3S/c1-2-14(18)13-5-3-12(10-17-13)21-11-4-6-15-16(9-11)20-8-7-19-15/h3-6,9-10,14,18H,2,7-8H2,1H3/t14-/m1/s1. The molecule has 5 heteroatoms. The Morgan fingerprint density at radius 2 is 1.90 bits per heavy atom. The Morgan fingerprint density at radius 3 is 2.62 bits per heavy atom. The Hall–Kier alpha value is -1.72. The van der Waals surface area contributed by atoms with Crippen LogP contribution in [0, 0.1) is 0 Å². The first-order valence-electron chi connectivity index (χ1n) is 6.98. The average molecular weight is 303 g/mol. The van der Waals surface area contributed by atoms with Gasteiger partial charge < -0.3 is 14.6 Å². The van der Waals surface area contributed by atoms with Gasteiger partial charge in [-0.05, 0) is 36.8 Å². The second kappa shape index (κ2) is 6.37. The molecule has 0 saturated heterocycles. The number of aromatic nitrogens is 1. The Balaban J connectivity index is 1.74. The third-order valence-electron chi connectivity index (χ3n) is 3.24. The van der Waals surface area contributed by atoms with Gasteiger partial charge in [-0.25, -0.2) is 0 Å². The summed E-state index contributed by atoms with van der Waals surface area (Å²) >= 11 is 1.61. The minimum Gasteiger partial charge on any atom is -0.486 e. The molecule has 0 saturated carbocycles. The van der Waals surface area contributed by atoms with E-state index < -0.39 is 6.10 Å². The van der Waals surface area contributed by atoms with Crippen molar-refractivity contribution in [2.75, 3.05) is 13.2 Å². The maximum atomic E-state index is 9.74. The lowest BCUT2D eigenvalue weighted by Crippen LogP contribution is -2.15. The number of pyridine rings is 1. The molecule has 0 bridgehead atoms. The number of hydrogen-bond donors (Lipinski definition) is 1. The normalized spacial score (nSPS) is 14.8. The van der Waals surface area contributed by atoms with E-state index in [0.717, 1.165) is 21.3 Å².